The Morgan fingerprint density at radius 2 is 0.957 bits per heavy atom. The van der Waals surface area contributed by atoms with E-state index in [2.05, 4.69) is 84.9 Å². The lowest BCUT2D eigenvalue weighted by atomic mass is 9.99. The number of aromatic nitrogens is 6. The summed E-state index contributed by atoms with van der Waals surface area (Å²) in [6, 6.07) is 53.6. The Kier molecular flexibility index (Phi) is 6.35. The molecule has 6 heteroatoms. The predicted octanol–water partition coefficient (Wildman–Crippen LogP) is 9.58. The zero-order valence-corrected chi connectivity index (χ0v) is 25.2. The number of hydrogen-bond donors (Lipinski definition) is 0. The Bertz CT molecular complexity index is 2560. The first-order chi connectivity index (χ1) is 23.3. The molecule has 0 atom stereocenters. The molecule has 2 heterocycles. The van der Waals surface area contributed by atoms with Crippen LogP contribution >= 0.6 is 0 Å². The lowest BCUT2D eigenvalue weighted by molar-refractivity contribution is 0.766. The van der Waals surface area contributed by atoms with Gasteiger partial charge in [-0.25, -0.2) is 15.0 Å². The molecule has 0 saturated carbocycles. The minimum Gasteiger partial charge on any atom is -0.208 e. The van der Waals surface area contributed by atoms with Crippen LogP contribution in [0, 0.1) is 0 Å². The maximum absolute atomic E-state index is 5.04. The van der Waals surface area contributed by atoms with Gasteiger partial charge in [0.15, 0.2) is 17.5 Å². The van der Waals surface area contributed by atoms with E-state index in [0.717, 1.165) is 66.1 Å². The van der Waals surface area contributed by atoms with Crippen LogP contribution in [0.15, 0.2) is 158 Å². The van der Waals surface area contributed by atoms with Gasteiger partial charge < -0.3 is 0 Å². The number of fused-ring (bicyclic) bond motifs is 5. The molecule has 9 aromatic rings. The molecule has 0 aliphatic carbocycles. The molecule has 0 radical (unpaired) electrons. The molecule has 220 valence electrons. The summed E-state index contributed by atoms with van der Waals surface area (Å²) >= 11 is 0. The smallest absolute Gasteiger partial charge is 0.164 e. The third kappa shape index (κ3) is 4.89. The molecule has 0 aliphatic heterocycles. The standard InChI is InChI=1S/C41H26N6/c1-4-11-27(12-5-1)30-15-10-16-32(25-30)40-42-39(29-13-6-2-7-14-29)43-41(44-40)33-21-23-35-31(26-33)20-19-28-22-24-36-38(37(28)35)46-47(45-36)34-17-8-3-9-18-34/h1-26H. The first-order valence-electron chi connectivity index (χ1n) is 15.5. The maximum Gasteiger partial charge on any atom is 0.164 e. The fourth-order valence-corrected chi connectivity index (χ4v) is 6.16. The monoisotopic (exact) mass is 602 g/mol. The second kappa shape index (κ2) is 11.1. The van der Waals surface area contributed by atoms with E-state index in [9.17, 15) is 0 Å². The zero-order valence-electron chi connectivity index (χ0n) is 25.2. The minimum atomic E-state index is 0.620. The van der Waals surface area contributed by atoms with Gasteiger partial charge in [0, 0.05) is 22.1 Å². The van der Waals surface area contributed by atoms with Gasteiger partial charge >= 0.3 is 0 Å². The largest absolute Gasteiger partial charge is 0.208 e. The highest BCUT2D eigenvalue weighted by atomic mass is 15.5. The summed E-state index contributed by atoms with van der Waals surface area (Å²) in [7, 11) is 0. The number of hydrogen-bond acceptors (Lipinski definition) is 5. The Balaban J connectivity index is 1.20. The summed E-state index contributed by atoms with van der Waals surface area (Å²) in [6.07, 6.45) is 0. The molecule has 0 fully saturated rings. The van der Waals surface area contributed by atoms with Crippen LogP contribution in [0.5, 0.6) is 0 Å². The van der Waals surface area contributed by atoms with Crippen molar-refractivity contribution in [3.8, 4) is 51.0 Å². The molecule has 0 N–H and O–H groups in total. The van der Waals surface area contributed by atoms with E-state index >= 15 is 0 Å². The normalized spacial score (nSPS) is 11.4. The summed E-state index contributed by atoms with van der Waals surface area (Å²) in [5, 5.41) is 14.1. The Labute approximate surface area is 270 Å². The maximum atomic E-state index is 5.04. The van der Waals surface area contributed by atoms with Gasteiger partial charge in [-0.15, -0.1) is 10.2 Å². The van der Waals surface area contributed by atoms with Crippen LogP contribution in [0.25, 0.3) is 83.6 Å². The average molecular weight is 603 g/mol. The molecule has 2 aromatic heterocycles. The number of rotatable bonds is 5. The van der Waals surface area contributed by atoms with Crippen molar-refractivity contribution in [2.45, 2.75) is 0 Å². The second-order valence-electron chi connectivity index (χ2n) is 11.5. The Hall–Kier alpha value is -6.53. The molecular formula is C41H26N6. The summed E-state index contributed by atoms with van der Waals surface area (Å²) in [5.74, 6) is 1.88. The Morgan fingerprint density at radius 1 is 0.383 bits per heavy atom. The van der Waals surface area contributed by atoms with Crippen LogP contribution < -0.4 is 0 Å². The van der Waals surface area contributed by atoms with Gasteiger partial charge in [-0.1, -0.05) is 127 Å². The van der Waals surface area contributed by atoms with Crippen molar-refractivity contribution >= 4 is 32.6 Å². The summed E-state index contributed by atoms with van der Waals surface area (Å²) in [5.41, 5.74) is 7.69. The van der Waals surface area contributed by atoms with E-state index in [4.69, 9.17) is 25.1 Å². The molecular weight excluding hydrogens is 576 g/mol. The van der Waals surface area contributed by atoms with Crippen LogP contribution in [0.3, 0.4) is 0 Å². The summed E-state index contributed by atoms with van der Waals surface area (Å²) in [6.45, 7) is 0. The topological polar surface area (TPSA) is 69.4 Å². The van der Waals surface area contributed by atoms with Crippen molar-refractivity contribution in [3.63, 3.8) is 0 Å². The first-order valence-corrected chi connectivity index (χ1v) is 15.5. The fourth-order valence-electron chi connectivity index (χ4n) is 6.16. The van der Waals surface area contributed by atoms with Gasteiger partial charge in [0.2, 0.25) is 0 Å². The van der Waals surface area contributed by atoms with Gasteiger partial charge in [-0.3, -0.25) is 0 Å². The van der Waals surface area contributed by atoms with Crippen molar-refractivity contribution in [2.24, 2.45) is 0 Å². The van der Waals surface area contributed by atoms with Crippen LogP contribution in [0.2, 0.25) is 0 Å². The van der Waals surface area contributed by atoms with Gasteiger partial charge in [-0.2, -0.15) is 4.80 Å². The highest BCUT2D eigenvalue weighted by Gasteiger charge is 2.16. The minimum absolute atomic E-state index is 0.620. The molecule has 6 nitrogen and oxygen atoms in total. The van der Waals surface area contributed by atoms with Crippen molar-refractivity contribution in [1.29, 1.82) is 0 Å². The highest BCUT2D eigenvalue weighted by molar-refractivity contribution is 6.18. The van der Waals surface area contributed by atoms with Crippen molar-refractivity contribution in [1.82, 2.24) is 29.9 Å². The van der Waals surface area contributed by atoms with E-state index in [-0.39, 0.29) is 0 Å². The van der Waals surface area contributed by atoms with Crippen molar-refractivity contribution < 1.29 is 0 Å². The number of nitrogens with zero attached hydrogens (tertiary/aromatic N) is 6. The van der Waals surface area contributed by atoms with Crippen molar-refractivity contribution in [3.05, 3.63) is 158 Å². The first kappa shape index (κ1) is 26.8. The van der Waals surface area contributed by atoms with Crippen LogP contribution in [0.1, 0.15) is 0 Å². The van der Waals surface area contributed by atoms with Crippen LogP contribution in [0.4, 0.5) is 0 Å². The third-order valence-corrected chi connectivity index (χ3v) is 8.49. The Morgan fingerprint density at radius 3 is 1.70 bits per heavy atom. The van der Waals surface area contributed by atoms with E-state index in [1.807, 2.05) is 72.8 Å². The summed E-state index contributed by atoms with van der Waals surface area (Å²) < 4.78 is 0. The van der Waals surface area contributed by atoms with Crippen LogP contribution in [-0.2, 0) is 0 Å². The number of benzene rings is 7. The van der Waals surface area contributed by atoms with E-state index in [1.165, 1.54) is 0 Å². The zero-order chi connectivity index (χ0) is 31.2. The van der Waals surface area contributed by atoms with Gasteiger partial charge in [-0.05, 0) is 57.6 Å². The van der Waals surface area contributed by atoms with E-state index < -0.39 is 0 Å². The fraction of sp³-hybridized carbons (Fsp3) is 0. The molecule has 47 heavy (non-hydrogen) atoms. The molecule has 0 aliphatic rings. The average Bonchev–Trinajstić information content (AvgIpc) is 3.60. The predicted molar refractivity (Wildman–Crippen MR) is 189 cm³/mol. The third-order valence-electron chi connectivity index (χ3n) is 8.49. The quantitative estimate of drug-likeness (QED) is 0.184. The SMILES string of the molecule is c1ccc(-c2cccc(-c3nc(-c4ccccc4)nc(-c4ccc5c(ccc6ccc7nn(-c8ccccc8)nc7c65)c4)n3)c2)cc1. The molecule has 0 bridgehead atoms. The van der Waals surface area contributed by atoms with E-state index in [1.54, 1.807) is 4.80 Å². The van der Waals surface area contributed by atoms with Gasteiger partial charge in [0.25, 0.3) is 0 Å². The molecule has 0 amide bonds. The molecule has 0 spiro atoms. The van der Waals surface area contributed by atoms with Gasteiger partial charge in [0.1, 0.15) is 11.0 Å². The van der Waals surface area contributed by atoms with Gasteiger partial charge in [0.05, 0.1) is 5.69 Å². The highest BCUT2D eigenvalue weighted by Crippen LogP contribution is 2.34. The van der Waals surface area contributed by atoms with E-state index in [0.29, 0.717) is 17.5 Å². The molecule has 0 unspecified atom stereocenters. The molecule has 7 aromatic carbocycles. The summed E-state index contributed by atoms with van der Waals surface area (Å²) in [4.78, 5) is 16.7. The lowest BCUT2D eigenvalue weighted by Crippen LogP contribution is -2.00. The second-order valence-corrected chi connectivity index (χ2v) is 11.5. The van der Waals surface area contributed by atoms with Crippen molar-refractivity contribution in [2.75, 3.05) is 0 Å². The molecule has 9 rings (SSSR count). The molecule has 0 saturated heterocycles. The van der Waals surface area contributed by atoms with Crippen LogP contribution in [-0.4, -0.2) is 29.9 Å². The lowest BCUT2D eigenvalue weighted by Gasteiger charge is -2.11. The number of para-hydroxylation sites is 1.